The van der Waals surface area contributed by atoms with Crippen LogP contribution in [0.25, 0.3) is 0 Å². The second-order valence-electron chi connectivity index (χ2n) is 5.98. The molecule has 0 radical (unpaired) electrons. The van der Waals surface area contributed by atoms with Crippen LogP contribution in [0.1, 0.15) is 37.3 Å². The SMILES string of the molecule is O=[N+]([O-])c1ccc(N/N=C2/CCCCC2c2ccccn2)c([N+](=O)[O-])c1. The minimum absolute atomic E-state index is 0.0644. The molecule has 1 unspecified atom stereocenters. The summed E-state index contributed by atoms with van der Waals surface area (Å²) in [6, 6.07) is 9.16. The molecule has 3 rings (SSSR count). The zero-order chi connectivity index (χ0) is 18.5. The summed E-state index contributed by atoms with van der Waals surface area (Å²) in [5.41, 5.74) is 3.93. The average Bonchev–Trinajstić information content (AvgIpc) is 2.67. The van der Waals surface area contributed by atoms with E-state index in [1.54, 1.807) is 6.20 Å². The molecule has 1 aromatic heterocycles. The molecule has 1 aliphatic carbocycles. The number of hydrogen-bond donors (Lipinski definition) is 1. The molecule has 134 valence electrons. The van der Waals surface area contributed by atoms with Crippen molar-refractivity contribution in [1.82, 2.24) is 4.98 Å². The summed E-state index contributed by atoms with van der Waals surface area (Å²) in [6.07, 6.45) is 5.48. The summed E-state index contributed by atoms with van der Waals surface area (Å²) in [5.74, 6) is 0.0644. The molecule has 9 heteroatoms. The summed E-state index contributed by atoms with van der Waals surface area (Å²) in [4.78, 5) is 25.1. The van der Waals surface area contributed by atoms with E-state index >= 15 is 0 Å². The van der Waals surface area contributed by atoms with Crippen LogP contribution in [0.5, 0.6) is 0 Å². The number of pyridine rings is 1. The van der Waals surface area contributed by atoms with Crippen LogP contribution in [0, 0.1) is 20.2 Å². The Kier molecular flexibility index (Phi) is 5.16. The molecular weight excluding hydrogens is 338 g/mol. The molecule has 0 bridgehead atoms. The first-order valence-electron chi connectivity index (χ1n) is 8.22. The fourth-order valence-electron chi connectivity index (χ4n) is 3.04. The minimum Gasteiger partial charge on any atom is -0.272 e. The Hall–Kier alpha value is -3.36. The van der Waals surface area contributed by atoms with E-state index in [1.807, 2.05) is 18.2 Å². The number of nitro benzene ring substituents is 2. The number of anilines is 1. The highest BCUT2D eigenvalue weighted by Gasteiger charge is 2.24. The fourth-order valence-corrected chi connectivity index (χ4v) is 3.04. The normalized spacial score (nSPS) is 18.5. The van der Waals surface area contributed by atoms with Crippen LogP contribution >= 0.6 is 0 Å². The Bertz CT molecular complexity index is 853. The Morgan fingerprint density at radius 2 is 1.96 bits per heavy atom. The van der Waals surface area contributed by atoms with E-state index in [9.17, 15) is 20.2 Å². The number of rotatable bonds is 5. The number of nitro groups is 2. The first-order valence-corrected chi connectivity index (χ1v) is 8.22. The van der Waals surface area contributed by atoms with Gasteiger partial charge < -0.3 is 0 Å². The van der Waals surface area contributed by atoms with Crippen molar-refractivity contribution in [1.29, 1.82) is 0 Å². The van der Waals surface area contributed by atoms with Gasteiger partial charge >= 0.3 is 5.69 Å². The topological polar surface area (TPSA) is 124 Å². The summed E-state index contributed by atoms with van der Waals surface area (Å²) in [6.45, 7) is 0. The van der Waals surface area contributed by atoms with Crippen LogP contribution in [0.3, 0.4) is 0 Å². The number of benzene rings is 1. The van der Waals surface area contributed by atoms with Crippen molar-refractivity contribution in [3.05, 3.63) is 68.5 Å². The molecule has 2 aromatic rings. The van der Waals surface area contributed by atoms with Gasteiger partial charge in [-0.25, -0.2) is 0 Å². The molecule has 0 aliphatic heterocycles. The molecule has 0 saturated heterocycles. The van der Waals surface area contributed by atoms with Crippen LogP contribution in [-0.4, -0.2) is 20.5 Å². The first kappa shape index (κ1) is 17.5. The summed E-state index contributed by atoms with van der Waals surface area (Å²) in [5, 5.41) is 26.4. The maximum absolute atomic E-state index is 11.2. The maximum Gasteiger partial charge on any atom is 0.301 e. The van der Waals surface area contributed by atoms with Crippen molar-refractivity contribution in [2.75, 3.05) is 5.43 Å². The standard InChI is InChI=1S/C17H17N5O4/c23-21(24)12-8-9-16(17(11-12)22(25)26)20-19-15-7-2-1-5-13(15)14-6-3-4-10-18-14/h3-4,6,8-11,13,20H,1-2,5,7H2/b19-15-. The fraction of sp³-hybridized carbons (Fsp3) is 0.294. The van der Waals surface area contributed by atoms with Gasteiger partial charge in [-0.3, -0.25) is 30.6 Å². The summed E-state index contributed by atoms with van der Waals surface area (Å²) >= 11 is 0. The van der Waals surface area contributed by atoms with E-state index in [2.05, 4.69) is 15.5 Å². The molecule has 1 N–H and O–H groups in total. The average molecular weight is 355 g/mol. The second kappa shape index (κ2) is 7.68. The van der Waals surface area contributed by atoms with E-state index in [0.29, 0.717) is 0 Å². The molecular formula is C17H17N5O4. The van der Waals surface area contributed by atoms with E-state index in [-0.39, 0.29) is 23.0 Å². The van der Waals surface area contributed by atoms with Crippen LogP contribution in [0.4, 0.5) is 17.1 Å². The van der Waals surface area contributed by atoms with E-state index in [1.165, 1.54) is 12.1 Å². The van der Waals surface area contributed by atoms with Gasteiger partial charge in [0.1, 0.15) is 5.69 Å². The predicted molar refractivity (Wildman–Crippen MR) is 96.3 cm³/mol. The van der Waals surface area contributed by atoms with Crippen molar-refractivity contribution < 1.29 is 9.85 Å². The largest absolute Gasteiger partial charge is 0.301 e. The monoisotopic (exact) mass is 355 g/mol. The number of non-ortho nitro benzene ring substituents is 1. The highest BCUT2D eigenvalue weighted by Crippen LogP contribution is 2.32. The molecule has 0 spiro atoms. The number of aromatic nitrogens is 1. The molecule has 0 amide bonds. The lowest BCUT2D eigenvalue weighted by atomic mass is 9.85. The number of hydrogen-bond acceptors (Lipinski definition) is 7. The Balaban J connectivity index is 1.88. The Morgan fingerprint density at radius 1 is 1.12 bits per heavy atom. The molecule has 9 nitrogen and oxygen atoms in total. The van der Waals surface area contributed by atoms with Crippen molar-refractivity contribution in [3.63, 3.8) is 0 Å². The van der Waals surface area contributed by atoms with E-state index in [4.69, 9.17) is 0 Å². The Labute approximate surface area is 149 Å². The zero-order valence-corrected chi connectivity index (χ0v) is 13.9. The van der Waals surface area contributed by atoms with Gasteiger partial charge in [0.2, 0.25) is 0 Å². The van der Waals surface area contributed by atoms with E-state index < -0.39 is 9.85 Å². The highest BCUT2D eigenvalue weighted by atomic mass is 16.6. The minimum atomic E-state index is -0.666. The molecule has 1 atom stereocenters. The van der Waals surface area contributed by atoms with Gasteiger partial charge in [-0.1, -0.05) is 12.5 Å². The van der Waals surface area contributed by atoms with Crippen LogP contribution in [0.2, 0.25) is 0 Å². The van der Waals surface area contributed by atoms with Crippen molar-refractivity contribution in [3.8, 4) is 0 Å². The predicted octanol–water partition coefficient (Wildman–Crippen LogP) is 4.02. The number of nitrogens with one attached hydrogen (secondary N) is 1. The van der Waals surface area contributed by atoms with Gasteiger partial charge in [0, 0.05) is 29.6 Å². The van der Waals surface area contributed by atoms with Crippen LogP contribution < -0.4 is 5.43 Å². The third-order valence-electron chi connectivity index (χ3n) is 4.33. The highest BCUT2D eigenvalue weighted by molar-refractivity contribution is 5.92. The van der Waals surface area contributed by atoms with Crippen molar-refractivity contribution in [2.45, 2.75) is 31.6 Å². The Morgan fingerprint density at radius 3 is 2.65 bits per heavy atom. The van der Waals surface area contributed by atoms with Gasteiger partial charge in [0.15, 0.2) is 0 Å². The number of nitrogens with zero attached hydrogens (tertiary/aromatic N) is 4. The molecule has 1 heterocycles. The van der Waals surface area contributed by atoms with Crippen molar-refractivity contribution in [2.24, 2.45) is 5.10 Å². The van der Waals surface area contributed by atoms with Gasteiger partial charge in [0.25, 0.3) is 5.69 Å². The van der Waals surface area contributed by atoms with Gasteiger partial charge in [-0.2, -0.15) is 5.10 Å². The molecule has 26 heavy (non-hydrogen) atoms. The molecule has 1 saturated carbocycles. The first-order chi connectivity index (χ1) is 12.6. The summed E-state index contributed by atoms with van der Waals surface area (Å²) < 4.78 is 0. The lowest BCUT2D eigenvalue weighted by molar-refractivity contribution is -0.393. The zero-order valence-electron chi connectivity index (χ0n) is 13.9. The number of hydrazone groups is 1. The van der Waals surface area contributed by atoms with Crippen molar-refractivity contribution >= 4 is 22.8 Å². The van der Waals surface area contributed by atoms with Gasteiger partial charge in [0.05, 0.1) is 15.9 Å². The van der Waals surface area contributed by atoms with E-state index in [0.717, 1.165) is 43.2 Å². The third-order valence-corrected chi connectivity index (χ3v) is 4.33. The smallest absolute Gasteiger partial charge is 0.272 e. The quantitative estimate of drug-likeness (QED) is 0.638. The van der Waals surface area contributed by atoms with Crippen LogP contribution in [-0.2, 0) is 0 Å². The molecule has 1 aliphatic rings. The lowest BCUT2D eigenvalue weighted by Gasteiger charge is -2.23. The molecule has 1 fully saturated rings. The van der Waals surface area contributed by atoms with Gasteiger partial charge in [-0.15, -0.1) is 0 Å². The van der Waals surface area contributed by atoms with Crippen LogP contribution in [0.15, 0.2) is 47.7 Å². The third kappa shape index (κ3) is 3.82. The summed E-state index contributed by atoms with van der Waals surface area (Å²) in [7, 11) is 0. The lowest BCUT2D eigenvalue weighted by Crippen LogP contribution is -2.20. The molecule has 1 aromatic carbocycles. The second-order valence-corrected chi connectivity index (χ2v) is 5.98. The van der Waals surface area contributed by atoms with Gasteiger partial charge in [-0.05, 0) is 37.5 Å². The maximum atomic E-state index is 11.2.